The highest BCUT2D eigenvalue weighted by Gasteiger charge is 2.13. The Morgan fingerprint density at radius 1 is 0.857 bits per heavy atom. The molecule has 7 nitrogen and oxygen atoms in total. The van der Waals surface area contributed by atoms with Gasteiger partial charge in [-0.05, 0) is 47.5 Å². The third kappa shape index (κ3) is 6.07. The van der Waals surface area contributed by atoms with E-state index in [4.69, 9.17) is 36.3 Å². The standard InChI is InChI=1S/C27H27ClN2O5/c1-32-24-15-18(16-25(33-2)27(24)35-4)10-9-17-13-20(28)26(34-3)22(14-17)30-12-11-23(31)19-7-5-6-8-21(19)29/h5-16,30H,29H2,1-4H3/b10-9-,12-11-. The Kier molecular flexibility index (Phi) is 8.64. The molecule has 0 aliphatic rings. The molecule has 182 valence electrons. The number of benzene rings is 3. The molecule has 3 N–H and O–H groups in total. The van der Waals surface area contributed by atoms with Gasteiger partial charge >= 0.3 is 0 Å². The van der Waals surface area contributed by atoms with Crippen LogP contribution >= 0.6 is 11.6 Å². The quantitative estimate of drug-likeness (QED) is 0.156. The molecule has 3 aromatic carbocycles. The third-order valence-corrected chi connectivity index (χ3v) is 5.41. The minimum atomic E-state index is -0.223. The molecule has 0 aliphatic carbocycles. The van der Waals surface area contributed by atoms with Crippen LogP contribution in [0.4, 0.5) is 11.4 Å². The van der Waals surface area contributed by atoms with E-state index < -0.39 is 0 Å². The van der Waals surface area contributed by atoms with Crippen molar-refractivity contribution in [3.05, 3.63) is 82.5 Å². The van der Waals surface area contributed by atoms with Crippen LogP contribution in [0.5, 0.6) is 23.0 Å². The number of hydrogen-bond donors (Lipinski definition) is 2. The molecule has 8 heteroatoms. The number of para-hydroxylation sites is 1. The number of hydrogen-bond acceptors (Lipinski definition) is 7. The van der Waals surface area contributed by atoms with Crippen molar-refractivity contribution in [2.45, 2.75) is 0 Å². The van der Waals surface area contributed by atoms with Crippen LogP contribution in [-0.4, -0.2) is 34.2 Å². The van der Waals surface area contributed by atoms with Gasteiger partial charge in [-0.1, -0.05) is 35.9 Å². The van der Waals surface area contributed by atoms with Crippen molar-refractivity contribution in [3.8, 4) is 23.0 Å². The molecule has 0 aromatic heterocycles. The summed E-state index contributed by atoms with van der Waals surface area (Å²) < 4.78 is 21.6. The van der Waals surface area contributed by atoms with Crippen molar-refractivity contribution in [1.82, 2.24) is 0 Å². The summed E-state index contributed by atoms with van der Waals surface area (Å²) in [6, 6.07) is 14.2. The Morgan fingerprint density at radius 2 is 1.46 bits per heavy atom. The molecule has 0 aliphatic heterocycles. The fraction of sp³-hybridized carbons (Fsp3) is 0.148. The van der Waals surface area contributed by atoms with Gasteiger partial charge in [-0.15, -0.1) is 0 Å². The number of ketones is 1. The number of rotatable bonds is 10. The van der Waals surface area contributed by atoms with Gasteiger partial charge in [0, 0.05) is 23.5 Å². The molecule has 0 saturated carbocycles. The summed E-state index contributed by atoms with van der Waals surface area (Å²) in [5, 5.41) is 3.48. The molecule has 3 rings (SSSR count). The summed E-state index contributed by atoms with van der Waals surface area (Å²) >= 11 is 6.45. The first-order valence-corrected chi connectivity index (χ1v) is 11.0. The second-order valence-corrected chi connectivity index (χ2v) is 7.71. The van der Waals surface area contributed by atoms with E-state index in [-0.39, 0.29) is 5.78 Å². The van der Waals surface area contributed by atoms with E-state index in [0.29, 0.717) is 45.0 Å². The predicted molar refractivity (Wildman–Crippen MR) is 141 cm³/mol. The Morgan fingerprint density at radius 3 is 2.03 bits per heavy atom. The van der Waals surface area contributed by atoms with Crippen LogP contribution < -0.4 is 30.0 Å². The number of allylic oxidation sites excluding steroid dienone is 1. The number of nitrogen functional groups attached to an aromatic ring is 1. The van der Waals surface area contributed by atoms with Crippen molar-refractivity contribution >= 4 is 40.9 Å². The number of anilines is 2. The lowest BCUT2D eigenvalue weighted by atomic mass is 10.1. The number of halogens is 1. The Hall–Kier alpha value is -4.10. The molecular weight excluding hydrogens is 468 g/mol. The van der Waals surface area contributed by atoms with E-state index in [9.17, 15) is 4.79 Å². The minimum absolute atomic E-state index is 0.223. The van der Waals surface area contributed by atoms with E-state index in [0.717, 1.165) is 11.1 Å². The normalized spacial score (nSPS) is 11.0. The first-order chi connectivity index (χ1) is 16.9. The maximum Gasteiger partial charge on any atom is 0.203 e. The first kappa shape index (κ1) is 25.5. The lowest BCUT2D eigenvalue weighted by Gasteiger charge is -2.13. The topological polar surface area (TPSA) is 92.0 Å². The molecule has 0 atom stereocenters. The minimum Gasteiger partial charge on any atom is -0.493 e. The van der Waals surface area contributed by atoms with Gasteiger partial charge in [0.05, 0.1) is 39.1 Å². The largest absolute Gasteiger partial charge is 0.493 e. The molecule has 35 heavy (non-hydrogen) atoms. The summed E-state index contributed by atoms with van der Waals surface area (Å²) in [6.45, 7) is 0. The van der Waals surface area contributed by atoms with Crippen LogP contribution in [0.15, 0.2) is 60.8 Å². The van der Waals surface area contributed by atoms with Crippen LogP contribution in [0.25, 0.3) is 12.2 Å². The summed E-state index contributed by atoms with van der Waals surface area (Å²) in [7, 11) is 6.21. The second kappa shape index (κ2) is 11.9. The fourth-order valence-electron chi connectivity index (χ4n) is 3.43. The van der Waals surface area contributed by atoms with Gasteiger partial charge in [0.1, 0.15) is 0 Å². The lowest BCUT2D eigenvalue weighted by molar-refractivity contribution is 0.104. The van der Waals surface area contributed by atoms with Crippen molar-refractivity contribution in [1.29, 1.82) is 0 Å². The molecule has 0 amide bonds. The average Bonchev–Trinajstić information content (AvgIpc) is 2.86. The summed E-state index contributed by atoms with van der Waals surface area (Å²) in [4.78, 5) is 12.4. The highest BCUT2D eigenvalue weighted by molar-refractivity contribution is 6.32. The van der Waals surface area contributed by atoms with Gasteiger partial charge in [0.15, 0.2) is 23.0 Å². The summed E-state index contributed by atoms with van der Waals surface area (Å²) in [5.41, 5.74) is 8.96. The van der Waals surface area contributed by atoms with E-state index >= 15 is 0 Å². The van der Waals surface area contributed by atoms with E-state index in [1.165, 1.54) is 19.4 Å². The van der Waals surface area contributed by atoms with E-state index in [2.05, 4.69) is 5.32 Å². The SMILES string of the molecule is COc1cc(/C=C\c2cc(Cl)c(OC)c(N/C=C\C(=O)c3ccccc3N)c2)cc(OC)c1OC. The maximum atomic E-state index is 12.4. The van der Waals surface area contributed by atoms with Gasteiger partial charge in [-0.2, -0.15) is 0 Å². The highest BCUT2D eigenvalue weighted by Crippen LogP contribution is 2.39. The lowest BCUT2D eigenvalue weighted by Crippen LogP contribution is -2.01. The van der Waals surface area contributed by atoms with Crippen molar-refractivity contribution in [2.24, 2.45) is 0 Å². The highest BCUT2D eigenvalue weighted by atomic mass is 35.5. The van der Waals surface area contributed by atoms with Crippen LogP contribution in [0.2, 0.25) is 5.02 Å². The van der Waals surface area contributed by atoms with Gasteiger partial charge < -0.3 is 30.0 Å². The molecule has 0 fully saturated rings. The molecule has 0 spiro atoms. The van der Waals surface area contributed by atoms with Gasteiger partial charge in [0.2, 0.25) is 5.75 Å². The smallest absolute Gasteiger partial charge is 0.203 e. The Labute approximate surface area is 209 Å². The number of nitrogens with two attached hydrogens (primary N) is 1. The zero-order valence-corrected chi connectivity index (χ0v) is 20.7. The van der Waals surface area contributed by atoms with Gasteiger partial charge in [0.25, 0.3) is 0 Å². The van der Waals surface area contributed by atoms with Crippen molar-refractivity contribution in [2.75, 3.05) is 39.5 Å². The monoisotopic (exact) mass is 494 g/mol. The maximum absolute atomic E-state index is 12.4. The fourth-order valence-corrected chi connectivity index (χ4v) is 3.74. The van der Waals surface area contributed by atoms with Crippen molar-refractivity contribution in [3.63, 3.8) is 0 Å². The first-order valence-electron chi connectivity index (χ1n) is 10.6. The number of methoxy groups -OCH3 is 4. The van der Waals surface area contributed by atoms with Gasteiger partial charge in [-0.3, -0.25) is 4.79 Å². The average molecular weight is 495 g/mol. The molecule has 0 heterocycles. The predicted octanol–water partition coefficient (Wildman–Crippen LogP) is 5.94. The number of carbonyl (C=O) groups is 1. The molecule has 0 bridgehead atoms. The van der Waals surface area contributed by atoms with Crippen LogP contribution in [-0.2, 0) is 0 Å². The number of ether oxygens (including phenoxy) is 4. The van der Waals surface area contributed by atoms with Gasteiger partial charge in [-0.25, -0.2) is 0 Å². The van der Waals surface area contributed by atoms with E-state index in [1.54, 1.807) is 51.7 Å². The number of carbonyl (C=O) groups excluding carboxylic acids is 1. The van der Waals surface area contributed by atoms with Crippen LogP contribution in [0.1, 0.15) is 21.5 Å². The van der Waals surface area contributed by atoms with Crippen LogP contribution in [0, 0.1) is 0 Å². The van der Waals surface area contributed by atoms with E-state index in [1.807, 2.05) is 30.4 Å². The molecule has 0 saturated heterocycles. The Balaban J connectivity index is 1.86. The second-order valence-electron chi connectivity index (χ2n) is 7.30. The van der Waals surface area contributed by atoms with Crippen LogP contribution in [0.3, 0.4) is 0 Å². The summed E-state index contributed by atoms with van der Waals surface area (Å²) in [6.07, 6.45) is 6.70. The Bertz CT molecular complexity index is 1250. The molecule has 0 unspecified atom stereocenters. The molecule has 0 radical (unpaired) electrons. The zero-order chi connectivity index (χ0) is 25.4. The summed E-state index contributed by atoms with van der Waals surface area (Å²) in [5.74, 6) is 1.85. The zero-order valence-electron chi connectivity index (χ0n) is 19.9. The van der Waals surface area contributed by atoms with Crippen molar-refractivity contribution < 1.29 is 23.7 Å². The number of nitrogens with one attached hydrogen (secondary N) is 1. The third-order valence-electron chi connectivity index (χ3n) is 5.13. The molecule has 3 aromatic rings. The molecular formula is C27H27ClN2O5.